The molecule has 8 nitrogen and oxygen atoms in total. The van der Waals surface area contributed by atoms with Crippen LogP contribution in [0.25, 0.3) is 0 Å². The summed E-state index contributed by atoms with van der Waals surface area (Å²) < 4.78 is 37.9. The monoisotopic (exact) mass is 412 g/mol. The van der Waals surface area contributed by atoms with Crippen LogP contribution in [0.1, 0.15) is 13.8 Å². The van der Waals surface area contributed by atoms with E-state index in [1.165, 1.54) is 4.31 Å². The summed E-state index contributed by atoms with van der Waals surface area (Å²) in [6, 6.07) is 6.43. The second-order valence-electron chi connectivity index (χ2n) is 7.56. The molecule has 0 spiro atoms. The maximum atomic E-state index is 12.8. The average Bonchev–Trinajstić information content (AvgIpc) is 2.67. The Bertz CT molecular complexity index is 765. The topological polar surface area (TPSA) is 80.6 Å². The maximum absolute atomic E-state index is 12.8. The van der Waals surface area contributed by atoms with Gasteiger partial charge in [0.2, 0.25) is 10.0 Å². The molecular formula is C19H30N3O5S+. The SMILES string of the molecule is COc1ccc(S(=O)(=O)N2CC[NH+](CC(=O)N3C[C@@H](C)O[C@H](C)C3)CC2)cc1. The van der Waals surface area contributed by atoms with Crippen molar-refractivity contribution in [1.82, 2.24) is 9.21 Å². The van der Waals surface area contributed by atoms with Crippen LogP contribution < -0.4 is 9.64 Å². The van der Waals surface area contributed by atoms with Crippen molar-refractivity contribution in [3.63, 3.8) is 0 Å². The third-order valence-corrected chi connectivity index (χ3v) is 7.21. The van der Waals surface area contributed by atoms with Crippen LogP contribution in [0.2, 0.25) is 0 Å². The van der Waals surface area contributed by atoms with E-state index in [-0.39, 0.29) is 23.0 Å². The third-order valence-electron chi connectivity index (χ3n) is 5.30. The van der Waals surface area contributed by atoms with Crippen molar-refractivity contribution >= 4 is 15.9 Å². The molecule has 2 aliphatic heterocycles. The van der Waals surface area contributed by atoms with Crippen molar-refractivity contribution in [2.75, 3.05) is 52.9 Å². The molecule has 1 aromatic rings. The molecule has 9 heteroatoms. The molecule has 1 aromatic carbocycles. The summed E-state index contributed by atoms with van der Waals surface area (Å²) in [4.78, 5) is 15.9. The molecule has 2 saturated heterocycles. The maximum Gasteiger partial charge on any atom is 0.277 e. The van der Waals surface area contributed by atoms with Crippen LogP contribution in [-0.2, 0) is 19.6 Å². The predicted octanol–water partition coefficient (Wildman–Crippen LogP) is -0.780. The number of ether oxygens (including phenoxy) is 2. The third kappa shape index (κ3) is 4.83. The molecule has 0 unspecified atom stereocenters. The number of methoxy groups -OCH3 is 1. The highest BCUT2D eigenvalue weighted by molar-refractivity contribution is 7.89. The number of carbonyl (C=O) groups excluding carboxylic acids is 1. The highest BCUT2D eigenvalue weighted by Crippen LogP contribution is 2.19. The molecule has 2 aliphatic rings. The van der Waals surface area contributed by atoms with E-state index < -0.39 is 10.0 Å². The summed E-state index contributed by atoms with van der Waals surface area (Å²) in [5.74, 6) is 0.738. The van der Waals surface area contributed by atoms with Crippen LogP contribution in [0.15, 0.2) is 29.2 Å². The van der Waals surface area contributed by atoms with E-state index in [0.717, 1.165) is 4.90 Å². The lowest BCUT2D eigenvalue weighted by molar-refractivity contribution is -0.896. The number of quaternary nitrogens is 1. The number of morpholine rings is 1. The summed E-state index contributed by atoms with van der Waals surface area (Å²) >= 11 is 0. The smallest absolute Gasteiger partial charge is 0.277 e. The lowest BCUT2D eigenvalue weighted by Crippen LogP contribution is -3.15. The molecule has 0 radical (unpaired) electrons. The average molecular weight is 413 g/mol. The van der Waals surface area contributed by atoms with Crippen molar-refractivity contribution in [3.05, 3.63) is 24.3 Å². The number of hydrogen-bond acceptors (Lipinski definition) is 5. The summed E-state index contributed by atoms with van der Waals surface area (Å²) in [5.41, 5.74) is 0. The van der Waals surface area contributed by atoms with Crippen LogP contribution >= 0.6 is 0 Å². The van der Waals surface area contributed by atoms with E-state index in [4.69, 9.17) is 9.47 Å². The first-order chi connectivity index (χ1) is 13.3. The second kappa shape index (κ2) is 8.77. The summed E-state index contributed by atoms with van der Waals surface area (Å²) in [5, 5.41) is 0. The fraction of sp³-hybridized carbons (Fsp3) is 0.632. The van der Waals surface area contributed by atoms with E-state index in [1.54, 1.807) is 31.4 Å². The number of nitrogens with zero attached hydrogens (tertiary/aromatic N) is 2. The zero-order valence-electron chi connectivity index (χ0n) is 16.8. The Balaban J connectivity index is 1.54. The van der Waals surface area contributed by atoms with Crippen molar-refractivity contribution < 1.29 is 27.6 Å². The first-order valence-corrected chi connectivity index (χ1v) is 11.1. The fourth-order valence-corrected chi connectivity index (χ4v) is 5.26. The van der Waals surface area contributed by atoms with Crippen molar-refractivity contribution in [2.24, 2.45) is 0 Å². The van der Waals surface area contributed by atoms with Gasteiger partial charge in [-0.25, -0.2) is 8.42 Å². The van der Waals surface area contributed by atoms with Gasteiger partial charge in [0.15, 0.2) is 6.54 Å². The number of sulfonamides is 1. The van der Waals surface area contributed by atoms with Gasteiger partial charge in [-0.2, -0.15) is 4.31 Å². The van der Waals surface area contributed by atoms with Crippen molar-refractivity contribution in [1.29, 1.82) is 0 Å². The van der Waals surface area contributed by atoms with E-state index in [1.807, 2.05) is 18.7 Å². The van der Waals surface area contributed by atoms with Gasteiger partial charge in [0.1, 0.15) is 5.75 Å². The van der Waals surface area contributed by atoms with Crippen LogP contribution in [0.4, 0.5) is 0 Å². The molecule has 0 saturated carbocycles. The number of benzene rings is 1. The molecular weight excluding hydrogens is 382 g/mol. The second-order valence-corrected chi connectivity index (χ2v) is 9.50. The van der Waals surface area contributed by atoms with Gasteiger partial charge in [0, 0.05) is 13.1 Å². The number of rotatable bonds is 5. The Kier molecular flexibility index (Phi) is 6.59. The number of carbonyl (C=O) groups is 1. The Labute approximate surface area is 167 Å². The highest BCUT2D eigenvalue weighted by atomic mass is 32.2. The fourth-order valence-electron chi connectivity index (χ4n) is 3.82. The van der Waals surface area contributed by atoms with Gasteiger partial charge in [-0.15, -0.1) is 0 Å². The number of nitrogens with one attached hydrogen (secondary N) is 1. The summed E-state index contributed by atoms with van der Waals surface area (Å²) in [6.45, 7) is 7.66. The minimum absolute atomic E-state index is 0.0502. The summed E-state index contributed by atoms with van der Waals surface area (Å²) in [6.07, 6.45) is 0.100. The zero-order valence-corrected chi connectivity index (χ0v) is 17.6. The highest BCUT2D eigenvalue weighted by Gasteiger charge is 2.33. The first-order valence-electron chi connectivity index (χ1n) is 9.70. The van der Waals surface area contributed by atoms with Gasteiger partial charge < -0.3 is 19.3 Å². The molecule has 2 atom stereocenters. The van der Waals surface area contributed by atoms with Gasteiger partial charge >= 0.3 is 0 Å². The number of piperazine rings is 1. The van der Waals surface area contributed by atoms with E-state index in [9.17, 15) is 13.2 Å². The number of amides is 1. The molecule has 1 N–H and O–H groups in total. The largest absolute Gasteiger partial charge is 0.497 e. The van der Waals surface area contributed by atoms with Crippen molar-refractivity contribution in [2.45, 2.75) is 31.0 Å². The van der Waals surface area contributed by atoms with Crippen LogP contribution in [0.5, 0.6) is 5.75 Å². The van der Waals surface area contributed by atoms with Crippen molar-refractivity contribution in [3.8, 4) is 5.75 Å². The van der Waals surface area contributed by atoms with E-state index in [2.05, 4.69) is 0 Å². The molecule has 1 amide bonds. The van der Waals surface area contributed by atoms with Gasteiger partial charge in [-0.3, -0.25) is 4.79 Å². The molecule has 0 aliphatic carbocycles. The molecule has 156 valence electrons. The van der Waals surface area contributed by atoms with E-state index in [0.29, 0.717) is 51.6 Å². The first kappa shape index (κ1) is 21.0. The molecule has 2 fully saturated rings. The van der Waals surface area contributed by atoms with Crippen LogP contribution in [-0.4, -0.2) is 88.7 Å². The summed E-state index contributed by atoms with van der Waals surface area (Å²) in [7, 11) is -1.97. The minimum atomic E-state index is -3.52. The molecule has 0 aromatic heterocycles. The Morgan fingerprint density at radius 3 is 2.25 bits per heavy atom. The quantitative estimate of drug-likeness (QED) is 0.686. The van der Waals surface area contributed by atoms with Gasteiger partial charge in [-0.05, 0) is 38.1 Å². The Hall–Kier alpha value is -1.68. The molecule has 28 heavy (non-hydrogen) atoms. The van der Waals surface area contributed by atoms with Crippen LogP contribution in [0, 0.1) is 0 Å². The number of hydrogen-bond donors (Lipinski definition) is 1. The Morgan fingerprint density at radius 1 is 1.14 bits per heavy atom. The normalized spacial score (nSPS) is 24.9. The minimum Gasteiger partial charge on any atom is -0.497 e. The molecule has 2 heterocycles. The lowest BCUT2D eigenvalue weighted by Gasteiger charge is -2.37. The predicted molar refractivity (Wildman–Crippen MR) is 104 cm³/mol. The molecule has 3 rings (SSSR count). The Morgan fingerprint density at radius 2 is 1.71 bits per heavy atom. The van der Waals surface area contributed by atoms with E-state index >= 15 is 0 Å². The molecule has 0 bridgehead atoms. The standard InChI is InChI=1S/C19H29N3O5S/c1-15-12-21(13-16(2)27-15)19(23)14-20-8-10-22(11-9-20)28(24,25)18-6-4-17(26-3)5-7-18/h4-7,15-16H,8-14H2,1-3H3/p+1/t15-,16-/m1/s1. The lowest BCUT2D eigenvalue weighted by atomic mass is 10.2. The van der Waals surface area contributed by atoms with Crippen LogP contribution in [0.3, 0.4) is 0 Å². The van der Waals surface area contributed by atoms with Gasteiger partial charge in [-0.1, -0.05) is 0 Å². The van der Waals surface area contributed by atoms with Gasteiger partial charge in [0.25, 0.3) is 5.91 Å². The van der Waals surface area contributed by atoms with Gasteiger partial charge in [0.05, 0.1) is 50.4 Å². The zero-order chi connectivity index (χ0) is 20.3.